The van der Waals surface area contributed by atoms with Crippen molar-refractivity contribution in [3.05, 3.63) is 35.4 Å². The number of nitrogens with zero attached hydrogens (tertiary/aromatic N) is 1. The van der Waals surface area contributed by atoms with E-state index in [1.54, 1.807) is 12.0 Å². The maximum atomic E-state index is 14.9. The van der Waals surface area contributed by atoms with E-state index >= 15 is 0 Å². The van der Waals surface area contributed by atoms with E-state index in [1.807, 2.05) is 7.05 Å². The molecule has 1 aromatic carbocycles. The fourth-order valence-electron chi connectivity index (χ4n) is 6.34. The summed E-state index contributed by atoms with van der Waals surface area (Å²) in [4.78, 5) is 15.1. The second-order valence-corrected chi connectivity index (χ2v) is 11.3. The van der Waals surface area contributed by atoms with E-state index in [2.05, 4.69) is 5.32 Å². The molecule has 5 nitrogen and oxygen atoms in total. The molecule has 0 aromatic heterocycles. The van der Waals surface area contributed by atoms with Crippen molar-refractivity contribution < 1.29 is 32.2 Å². The summed E-state index contributed by atoms with van der Waals surface area (Å²) >= 11 is 0. The minimum absolute atomic E-state index is 0.0261. The van der Waals surface area contributed by atoms with Crippen molar-refractivity contribution >= 4 is 5.91 Å². The fraction of sp³-hybridized carbons (Fsp3) is 0.759. The number of amides is 1. The summed E-state index contributed by atoms with van der Waals surface area (Å²) in [6.07, 6.45) is 4.50. The number of carbonyl (C=O) groups excluding carboxylic acids is 1. The molecule has 1 aliphatic heterocycles. The maximum Gasteiger partial charge on any atom is 0.248 e. The van der Waals surface area contributed by atoms with Crippen molar-refractivity contribution in [2.75, 3.05) is 40.4 Å². The van der Waals surface area contributed by atoms with Crippen LogP contribution < -0.4 is 5.32 Å². The minimum atomic E-state index is -2.57. The maximum absolute atomic E-state index is 14.9. The van der Waals surface area contributed by atoms with Crippen molar-refractivity contribution in [1.29, 1.82) is 0 Å². The predicted molar refractivity (Wildman–Crippen MR) is 139 cm³/mol. The van der Waals surface area contributed by atoms with Crippen LogP contribution in [0.4, 0.5) is 17.6 Å². The third-order valence-corrected chi connectivity index (χ3v) is 8.48. The van der Waals surface area contributed by atoms with Gasteiger partial charge in [-0.15, -0.1) is 0 Å². The molecule has 1 saturated heterocycles. The first-order valence-electron chi connectivity index (χ1n) is 14.1. The molecule has 2 N–H and O–H groups in total. The third-order valence-electron chi connectivity index (χ3n) is 8.48. The largest absolute Gasteiger partial charge is 0.385 e. The van der Waals surface area contributed by atoms with E-state index in [0.29, 0.717) is 64.6 Å². The average molecular weight is 545 g/mol. The molecule has 0 spiro atoms. The van der Waals surface area contributed by atoms with Crippen molar-refractivity contribution in [1.82, 2.24) is 10.2 Å². The zero-order chi connectivity index (χ0) is 27.8. The van der Waals surface area contributed by atoms with Gasteiger partial charge in [-0.1, -0.05) is 12.1 Å². The summed E-state index contributed by atoms with van der Waals surface area (Å²) in [5.41, 5.74) is -1.67. The van der Waals surface area contributed by atoms with Crippen LogP contribution in [0.1, 0.15) is 76.2 Å². The van der Waals surface area contributed by atoms with Gasteiger partial charge in [0.2, 0.25) is 11.8 Å². The van der Waals surface area contributed by atoms with Gasteiger partial charge in [-0.05, 0) is 82.9 Å². The summed E-state index contributed by atoms with van der Waals surface area (Å²) in [7, 11) is 3.41. The summed E-state index contributed by atoms with van der Waals surface area (Å²) in [6.45, 7) is 1.93. The first-order chi connectivity index (χ1) is 18.1. The number of likely N-dealkylation sites (tertiary alicyclic amines) is 1. The number of rotatable bonds is 13. The van der Waals surface area contributed by atoms with Crippen LogP contribution in [0.5, 0.6) is 0 Å². The smallest absolute Gasteiger partial charge is 0.248 e. The SMILES string of the molecule is CNC[C@@H](CC(=O)N1CCC[C@@H]([C@@](O)(CCCCOC)c2cccc(F)c2F)C1)CC1CCC(F)(F)CC1. The number of carbonyl (C=O) groups is 1. The Hall–Kier alpha value is -1.71. The Balaban J connectivity index is 1.70. The van der Waals surface area contributed by atoms with Crippen molar-refractivity contribution in [3.63, 3.8) is 0 Å². The van der Waals surface area contributed by atoms with Crippen LogP contribution in [0.3, 0.4) is 0 Å². The summed E-state index contributed by atoms with van der Waals surface area (Å²) in [5, 5.41) is 15.0. The topological polar surface area (TPSA) is 61.8 Å². The number of hydrogen-bond donors (Lipinski definition) is 2. The number of methoxy groups -OCH3 is 1. The molecule has 1 amide bonds. The lowest BCUT2D eigenvalue weighted by atomic mass is 9.73. The second kappa shape index (κ2) is 14.1. The second-order valence-electron chi connectivity index (χ2n) is 11.3. The number of nitrogens with one attached hydrogen (secondary N) is 1. The number of halogens is 4. The van der Waals surface area contributed by atoms with Gasteiger partial charge in [0.1, 0.15) is 0 Å². The number of benzene rings is 1. The Bertz CT molecular complexity index is 893. The van der Waals surface area contributed by atoms with Crippen LogP contribution in [-0.4, -0.2) is 62.2 Å². The molecule has 1 aromatic rings. The van der Waals surface area contributed by atoms with Crippen LogP contribution in [-0.2, 0) is 15.1 Å². The number of aliphatic hydroxyl groups is 1. The molecule has 38 heavy (non-hydrogen) atoms. The minimum Gasteiger partial charge on any atom is -0.385 e. The highest BCUT2D eigenvalue weighted by Crippen LogP contribution is 2.42. The number of alkyl halides is 2. The van der Waals surface area contributed by atoms with Gasteiger partial charge in [-0.2, -0.15) is 0 Å². The van der Waals surface area contributed by atoms with E-state index < -0.39 is 29.1 Å². The monoisotopic (exact) mass is 544 g/mol. The van der Waals surface area contributed by atoms with Crippen LogP contribution in [0, 0.1) is 29.4 Å². The van der Waals surface area contributed by atoms with Gasteiger partial charge in [0, 0.05) is 57.6 Å². The standard InChI is InChI=1S/C29H44F4N2O3/c1-34-19-22(17-21-10-13-28(32,33)14-11-21)18-26(36)35-15-6-7-23(20-35)29(37,12-3-4-16-38-2)24-8-5-9-25(30)27(24)31/h5,8-9,21-23,34,37H,3-4,6-7,10-20H2,1-2H3/t22-,23-,29+/m1/s1. The first-order valence-corrected chi connectivity index (χ1v) is 14.1. The molecule has 1 saturated carbocycles. The van der Waals surface area contributed by atoms with Crippen molar-refractivity contribution in [3.8, 4) is 0 Å². The molecule has 0 bridgehead atoms. The summed E-state index contributed by atoms with van der Waals surface area (Å²) in [6, 6.07) is 3.88. The lowest BCUT2D eigenvalue weighted by molar-refractivity contribution is -0.138. The zero-order valence-electron chi connectivity index (χ0n) is 22.8. The number of hydrogen-bond acceptors (Lipinski definition) is 4. The van der Waals surface area contributed by atoms with E-state index in [4.69, 9.17) is 4.74 Å². The lowest BCUT2D eigenvalue weighted by Crippen LogP contribution is -2.49. The van der Waals surface area contributed by atoms with Crippen LogP contribution >= 0.6 is 0 Å². The lowest BCUT2D eigenvalue weighted by Gasteiger charge is -2.43. The van der Waals surface area contributed by atoms with E-state index in [-0.39, 0.29) is 49.1 Å². The van der Waals surface area contributed by atoms with Crippen LogP contribution in [0.25, 0.3) is 0 Å². The molecule has 3 rings (SSSR count). The van der Waals surface area contributed by atoms with Gasteiger partial charge >= 0.3 is 0 Å². The Kier molecular flexibility index (Phi) is 11.4. The van der Waals surface area contributed by atoms with E-state index in [9.17, 15) is 27.5 Å². The molecular formula is C29H44F4N2O3. The van der Waals surface area contributed by atoms with Gasteiger partial charge in [0.05, 0.1) is 5.60 Å². The van der Waals surface area contributed by atoms with E-state index in [1.165, 1.54) is 12.1 Å². The molecule has 2 fully saturated rings. The van der Waals surface area contributed by atoms with Gasteiger partial charge in [-0.25, -0.2) is 17.6 Å². The van der Waals surface area contributed by atoms with Crippen molar-refractivity contribution in [2.45, 2.75) is 82.2 Å². The highest BCUT2D eigenvalue weighted by Gasteiger charge is 2.43. The predicted octanol–water partition coefficient (Wildman–Crippen LogP) is 5.65. The summed E-state index contributed by atoms with van der Waals surface area (Å²) in [5.74, 6) is -4.90. The number of piperidine rings is 1. The Morgan fingerprint density at radius 3 is 2.66 bits per heavy atom. The Morgan fingerprint density at radius 2 is 1.97 bits per heavy atom. The van der Waals surface area contributed by atoms with Gasteiger partial charge in [0.25, 0.3) is 0 Å². The van der Waals surface area contributed by atoms with Crippen LogP contribution in [0.15, 0.2) is 18.2 Å². The normalized spacial score (nSPS) is 22.7. The van der Waals surface area contributed by atoms with Crippen LogP contribution in [0.2, 0.25) is 0 Å². The van der Waals surface area contributed by atoms with E-state index in [0.717, 1.165) is 12.5 Å². The third kappa shape index (κ3) is 8.15. The molecule has 1 aliphatic carbocycles. The van der Waals surface area contributed by atoms with Crippen molar-refractivity contribution in [2.24, 2.45) is 17.8 Å². The molecular weight excluding hydrogens is 500 g/mol. The molecule has 216 valence electrons. The zero-order valence-corrected chi connectivity index (χ0v) is 22.8. The highest BCUT2D eigenvalue weighted by atomic mass is 19.3. The Morgan fingerprint density at radius 1 is 1.24 bits per heavy atom. The molecule has 1 heterocycles. The number of unbranched alkanes of at least 4 members (excludes halogenated alkanes) is 1. The number of ether oxygens (including phenoxy) is 1. The Labute approximate surface area is 224 Å². The molecule has 3 atom stereocenters. The van der Waals surface area contributed by atoms with Gasteiger partial charge < -0.3 is 20.1 Å². The fourth-order valence-corrected chi connectivity index (χ4v) is 6.34. The first kappa shape index (κ1) is 30.8. The quantitative estimate of drug-likeness (QED) is 0.249. The summed E-state index contributed by atoms with van der Waals surface area (Å²) < 4.78 is 61.4. The molecule has 2 aliphatic rings. The highest BCUT2D eigenvalue weighted by molar-refractivity contribution is 5.76. The van der Waals surface area contributed by atoms with Gasteiger partial charge in [-0.3, -0.25) is 4.79 Å². The van der Waals surface area contributed by atoms with Gasteiger partial charge in [0.15, 0.2) is 11.6 Å². The molecule has 0 unspecified atom stereocenters. The molecule has 9 heteroatoms. The average Bonchev–Trinajstić information content (AvgIpc) is 2.89. The molecule has 0 radical (unpaired) electrons.